The van der Waals surface area contributed by atoms with Gasteiger partial charge in [-0.05, 0) is 38.3 Å². The lowest BCUT2D eigenvalue weighted by Crippen LogP contribution is -2.31. The Morgan fingerprint density at radius 3 is 2.91 bits per heavy atom. The SMILES string of the molecule is CC[C@H](C)NC(=O)c1ccc(NC[C@H]2CCCO2)c([N+](=O)[O-])c1. The number of hydrogen-bond donors (Lipinski definition) is 2. The van der Waals surface area contributed by atoms with Crippen LogP contribution in [0.15, 0.2) is 18.2 Å². The molecule has 1 saturated heterocycles. The van der Waals surface area contributed by atoms with Crippen LogP contribution in [0.25, 0.3) is 0 Å². The molecule has 0 saturated carbocycles. The second-order valence-corrected chi connectivity index (χ2v) is 5.79. The molecule has 2 N–H and O–H groups in total. The highest BCUT2D eigenvalue weighted by Gasteiger charge is 2.20. The zero-order valence-corrected chi connectivity index (χ0v) is 13.5. The van der Waals surface area contributed by atoms with Crippen LogP contribution in [0.5, 0.6) is 0 Å². The lowest BCUT2D eigenvalue weighted by Gasteiger charge is -2.14. The topological polar surface area (TPSA) is 93.5 Å². The van der Waals surface area contributed by atoms with E-state index in [4.69, 9.17) is 4.74 Å². The van der Waals surface area contributed by atoms with Gasteiger partial charge in [0.15, 0.2) is 0 Å². The van der Waals surface area contributed by atoms with Gasteiger partial charge in [-0.3, -0.25) is 14.9 Å². The Morgan fingerprint density at radius 2 is 2.30 bits per heavy atom. The van der Waals surface area contributed by atoms with Crippen molar-refractivity contribution >= 4 is 17.3 Å². The number of rotatable bonds is 7. The summed E-state index contributed by atoms with van der Waals surface area (Å²) in [4.78, 5) is 22.9. The molecule has 126 valence electrons. The Labute approximate surface area is 135 Å². The Kier molecular flexibility index (Phi) is 5.92. The third-order valence-electron chi connectivity index (χ3n) is 3.99. The number of nitro benzene ring substituents is 1. The van der Waals surface area contributed by atoms with E-state index in [1.807, 2.05) is 13.8 Å². The minimum Gasteiger partial charge on any atom is -0.377 e. The molecule has 0 aromatic heterocycles. The molecule has 0 radical (unpaired) electrons. The van der Waals surface area contributed by atoms with Gasteiger partial charge in [0.05, 0.1) is 11.0 Å². The van der Waals surface area contributed by atoms with Crippen LogP contribution in [-0.2, 0) is 4.74 Å². The highest BCUT2D eigenvalue weighted by atomic mass is 16.6. The van der Waals surface area contributed by atoms with Crippen LogP contribution in [0, 0.1) is 10.1 Å². The van der Waals surface area contributed by atoms with Crippen molar-refractivity contribution in [3.8, 4) is 0 Å². The summed E-state index contributed by atoms with van der Waals surface area (Å²) in [7, 11) is 0. The third-order valence-corrected chi connectivity index (χ3v) is 3.99. The van der Waals surface area contributed by atoms with Crippen LogP contribution in [0.3, 0.4) is 0 Å². The quantitative estimate of drug-likeness (QED) is 0.595. The number of ether oxygens (including phenoxy) is 1. The predicted molar refractivity (Wildman–Crippen MR) is 87.8 cm³/mol. The van der Waals surface area contributed by atoms with E-state index in [1.54, 1.807) is 12.1 Å². The highest BCUT2D eigenvalue weighted by molar-refractivity contribution is 5.95. The van der Waals surface area contributed by atoms with Gasteiger partial charge in [-0.25, -0.2) is 0 Å². The van der Waals surface area contributed by atoms with Crippen LogP contribution in [0.1, 0.15) is 43.5 Å². The van der Waals surface area contributed by atoms with Gasteiger partial charge in [0, 0.05) is 30.8 Å². The fourth-order valence-electron chi connectivity index (χ4n) is 2.41. The molecule has 0 unspecified atom stereocenters. The maximum Gasteiger partial charge on any atom is 0.293 e. The van der Waals surface area contributed by atoms with E-state index in [-0.39, 0.29) is 23.7 Å². The molecule has 1 aromatic carbocycles. The molecule has 1 amide bonds. The Balaban J connectivity index is 2.10. The van der Waals surface area contributed by atoms with Gasteiger partial charge in [0.2, 0.25) is 0 Å². The summed E-state index contributed by atoms with van der Waals surface area (Å²) in [5.74, 6) is -0.298. The van der Waals surface area contributed by atoms with Gasteiger partial charge >= 0.3 is 0 Å². The van der Waals surface area contributed by atoms with Crippen LogP contribution >= 0.6 is 0 Å². The molecular weight excluding hydrogens is 298 g/mol. The fraction of sp³-hybridized carbons (Fsp3) is 0.562. The first-order valence-corrected chi connectivity index (χ1v) is 7.96. The van der Waals surface area contributed by atoms with E-state index in [2.05, 4.69) is 10.6 Å². The van der Waals surface area contributed by atoms with E-state index in [0.717, 1.165) is 25.9 Å². The van der Waals surface area contributed by atoms with Crippen molar-refractivity contribution in [3.05, 3.63) is 33.9 Å². The minimum atomic E-state index is -0.474. The Bertz CT molecular complexity index is 570. The summed E-state index contributed by atoms with van der Waals surface area (Å²) in [5.41, 5.74) is 0.602. The molecule has 7 heteroatoms. The number of nitro groups is 1. The maximum absolute atomic E-state index is 12.1. The van der Waals surface area contributed by atoms with Gasteiger partial charge in [0.1, 0.15) is 5.69 Å². The van der Waals surface area contributed by atoms with Crippen molar-refractivity contribution < 1.29 is 14.5 Å². The molecular formula is C16H23N3O4. The van der Waals surface area contributed by atoms with Crippen molar-refractivity contribution in [3.63, 3.8) is 0 Å². The maximum atomic E-state index is 12.1. The molecule has 7 nitrogen and oxygen atoms in total. The number of amides is 1. The molecule has 1 aliphatic heterocycles. The summed E-state index contributed by atoms with van der Waals surface area (Å²) >= 11 is 0. The fourth-order valence-corrected chi connectivity index (χ4v) is 2.41. The standard InChI is InChI=1S/C16H23N3O4/c1-3-11(2)18-16(20)12-6-7-14(15(9-12)19(21)22)17-10-13-5-4-8-23-13/h6-7,9,11,13,17H,3-5,8,10H2,1-2H3,(H,18,20)/t11-,13+/m0/s1. The van der Waals surface area contributed by atoms with Crippen molar-refractivity contribution in [2.45, 2.75) is 45.3 Å². The van der Waals surface area contributed by atoms with Crippen molar-refractivity contribution in [1.29, 1.82) is 0 Å². The first-order chi connectivity index (χ1) is 11.0. The van der Waals surface area contributed by atoms with Crippen molar-refractivity contribution in [2.75, 3.05) is 18.5 Å². The summed E-state index contributed by atoms with van der Waals surface area (Å²) in [6, 6.07) is 4.52. The van der Waals surface area contributed by atoms with E-state index < -0.39 is 4.92 Å². The summed E-state index contributed by atoms with van der Waals surface area (Å²) < 4.78 is 5.50. The molecule has 1 aliphatic rings. The second kappa shape index (κ2) is 7.92. The van der Waals surface area contributed by atoms with Gasteiger partial charge < -0.3 is 15.4 Å². The van der Waals surface area contributed by atoms with Gasteiger partial charge in [-0.15, -0.1) is 0 Å². The van der Waals surface area contributed by atoms with Crippen molar-refractivity contribution in [1.82, 2.24) is 5.32 Å². The van der Waals surface area contributed by atoms with Crippen LogP contribution < -0.4 is 10.6 Å². The number of benzene rings is 1. The summed E-state index contributed by atoms with van der Waals surface area (Å²) in [6.45, 7) is 5.12. The zero-order chi connectivity index (χ0) is 16.8. The average Bonchev–Trinajstić information content (AvgIpc) is 3.05. The van der Waals surface area contributed by atoms with E-state index >= 15 is 0 Å². The van der Waals surface area contributed by atoms with Crippen molar-refractivity contribution in [2.24, 2.45) is 0 Å². The molecule has 23 heavy (non-hydrogen) atoms. The zero-order valence-electron chi connectivity index (χ0n) is 13.5. The molecule has 2 rings (SSSR count). The third kappa shape index (κ3) is 4.66. The largest absolute Gasteiger partial charge is 0.377 e. The average molecular weight is 321 g/mol. The number of hydrogen-bond acceptors (Lipinski definition) is 5. The molecule has 1 heterocycles. The first-order valence-electron chi connectivity index (χ1n) is 7.96. The molecule has 0 spiro atoms. The van der Waals surface area contributed by atoms with Crippen LogP contribution in [-0.4, -0.2) is 36.1 Å². The number of nitrogens with zero attached hydrogens (tertiary/aromatic N) is 1. The molecule has 0 bridgehead atoms. The smallest absolute Gasteiger partial charge is 0.293 e. The van der Waals surface area contributed by atoms with E-state index in [9.17, 15) is 14.9 Å². The van der Waals surface area contributed by atoms with Gasteiger partial charge in [0.25, 0.3) is 11.6 Å². The monoisotopic (exact) mass is 321 g/mol. The normalized spacial score (nSPS) is 18.4. The molecule has 1 fully saturated rings. The number of carbonyl (C=O) groups excluding carboxylic acids is 1. The predicted octanol–water partition coefficient (Wildman–Crippen LogP) is 2.71. The lowest BCUT2D eigenvalue weighted by molar-refractivity contribution is -0.384. The first kappa shape index (κ1) is 17.2. The van der Waals surface area contributed by atoms with E-state index in [1.165, 1.54) is 6.07 Å². The lowest BCUT2D eigenvalue weighted by atomic mass is 10.1. The van der Waals surface area contributed by atoms with Crippen LogP contribution in [0.4, 0.5) is 11.4 Å². The van der Waals surface area contributed by atoms with Gasteiger partial charge in [-0.2, -0.15) is 0 Å². The summed E-state index contributed by atoms with van der Waals surface area (Å²) in [6.07, 6.45) is 2.86. The molecule has 1 aromatic rings. The number of carbonyl (C=O) groups is 1. The minimum absolute atomic E-state index is 0.0267. The Morgan fingerprint density at radius 1 is 1.52 bits per heavy atom. The number of anilines is 1. The molecule has 0 aliphatic carbocycles. The van der Waals surface area contributed by atoms with Crippen LogP contribution in [0.2, 0.25) is 0 Å². The molecule has 2 atom stereocenters. The Hall–Kier alpha value is -2.15. The number of nitrogens with one attached hydrogen (secondary N) is 2. The van der Waals surface area contributed by atoms with E-state index in [0.29, 0.717) is 17.8 Å². The van der Waals surface area contributed by atoms with Gasteiger partial charge in [-0.1, -0.05) is 6.92 Å². The second-order valence-electron chi connectivity index (χ2n) is 5.79. The summed E-state index contributed by atoms with van der Waals surface area (Å²) in [5, 5.41) is 17.1. The highest BCUT2D eigenvalue weighted by Crippen LogP contribution is 2.26.